The molecule has 0 aliphatic rings. The maximum Gasteiger partial charge on any atom is 0.585 e. The number of fused-ring (bicyclic) bond motifs is 1. The molecule has 4 rings (SSSR count). The lowest BCUT2D eigenvalue weighted by Gasteiger charge is -2.18. The molecule has 0 radical (unpaired) electrons. The van der Waals surface area contributed by atoms with E-state index in [-0.39, 0.29) is 17.2 Å². The highest BCUT2D eigenvalue weighted by atomic mass is 31.2. The van der Waals surface area contributed by atoms with E-state index in [4.69, 9.17) is 18.5 Å². The highest BCUT2D eigenvalue weighted by Gasteiger charge is 2.28. The number of rotatable bonds is 21. The van der Waals surface area contributed by atoms with Gasteiger partial charge in [-0.05, 0) is 42.1 Å². The molecule has 1 aromatic heterocycles. The van der Waals surface area contributed by atoms with Crippen molar-refractivity contribution in [3.63, 3.8) is 0 Å². The zero-order chi connectivity index (χ0) is 31.7. The Bertz CT molecular complexity index is 1510. The summed E-state index contributed by atoms with van der Waals surface area (Å²) in [6, 6.07) is 22.4. The molecule has 1 atom stereocenters. The lowest BCUT2D eigenvalue weighted by atomic mass is 10.1. The second-order valence-electron chi connectivity index (χ2n) is 11.6. The van der Waals surface area contributed by atoms with E-state index in [1.807, 2.05) is 24.4 Å². The lowest BCUT2D eigenvalue weighted by Crippen LogP contribution is -2.33. The number of para-hydroxylation sites is 1. The molecule has 8 heteroatoms. The van der Waals surface area contributed by atoms with Crippen molar-refractivity contribution in [2.24, 2.45) is 0 Å². The first-order valence-electron chi connectivity index (χ1n) is 16.5. The Labute approximate surface area is 268 Å². The lowest BCUT2D eigenvalue weighted by molar-refractivity contribution is -0.687. The summed E-state index contributed by atoms with van der Waals surface area (Å²) >= 11 is 0. The summed E-state index contributed by atoms with van der Waals surface area (Å²) < 4.78 is 37.5. The normalized spacial score (nSPS) is 12.5. The monoisotopic (exact) mass is 634 g/mol. The van der Waals surface area contributed by atoms with Crippen LogP contribution in [0, 0.1) is 0 Å². The molecule has 45 heavy (non-hydrogen) atoms. The summed E-state index contributed by atoms with van der Waals surface area (Å²) in [4.78, 5) is 10.6. The fourth-order valence-electron chi connectivity index (χ4n) is 5.47. The fourth-order valence-corrected chi connectivity index (χ4v) is 6.28. The molecule has 1 N–H and O–H groups in total. The van der Waals surface area contributed by atoms with E-state index >= 15 is 0 Å². The third kappa shape index (κ3) is 11.7. The first-order valence-corrected chi connectivity index (χ1v) is 18.0. The maximum atomic E-state index is 13.0. The molecule has 7 nitrogen and oxygen atoms in total. The summed E-state index contributed by atoms with van der Waals surface area (Å²) in [5.74, 6) is 1.04. The predicted molar refractivity (Wildman–Crippen MR) is 180 cm³/mol. The van der Waals surface area contributed by atoms with Crippen LogP contribution < -0.4 is 23.1 Å². The van der Waals surface area contributed by atoms with Crippen LogP contribution in [-0.2, 0) is 11.1 Å². The van der Waals surface area contributed by atoms with Crippen LogP contribution in [0.1, 0.15) is 89.5 Å². The van der Waals surface area contributed by atoms with Crippen molar-refractivity contribution in [1.29, 1.82) is 0 Å². The van der Waals surface area contributed by atoms with Crippen LogP contribution in [0.4, 0.5) is 0 Å². The van der Waals surface area contributed by atoms with Crippen molar-refractivity contribution in [3.8, 4) is 23.0 Å². The summed E-state index contributed by atoms with van der Waals surface area (Å²) in [6.07, 6.45) is 19.4. The van der Waals surface area contributed by atoms with E-state index in [1.54, 1.807) is 36.4 Å². The Morgan fingerprint density at radius 2 is 1.36 bits per heavy atom. The van der Waals surface area contributed by atoms with Crippen molar-refractivity contribution in [1.82, 2.24) is 0 Å². The number of aromatic nitrogens is 1. The molecule has 0 saturated carbocycles. The summed E-state index contributed by atoms with van der Waals surface area (Å²) in [5, 5.41) is 2.30. The van der Waals surface area contributed by atoms with E-state index in [1.165, 1.54) is 76.7 Å². The van der Waals surface area contributed by atoms with Crippen LogP contribution in [-0.4, -0.2) is 18.6 Å². The number of hydrogen-bond acceptors (Lipinski definition) is 5. The molecule has 0 fully saturated rings. The van der Waals surface area contributed by atoms with Crippen molar-refractivity contribution in [2.75, 3.05) is 13.7 Å². The van der Waals surface area contributed by atoms with Crippen molar-refractivity contribution in [3.05, 3.63) is 90.8 Å². The van der Waals surface area contributed by atoms with E-state index < -0.39 is 7.82 Å². The van der Waals surface area contributed by atoms with Gasteiger partial charge in [-0.25, -0.2) is 9.13 Å². The van der Waals surface area contributed by atoms with E-state index in [0.29, 0.717) is 18.9 Å². The molecular weight excluding hydrogens is 585 g/mol. The van der Waals surface area contributed by atoms with Gasteiger partial charge in [0.25, 0.3) is 0 Å². The van der Waals surface area contributed by atoms with Crippen molar-refractivity contribution in [2.45, 2.75) is 90.5 Å². The molecule has 0 bridgehead atoms. The number of ether oxygens (including phenoxy) is 2. The minimum absolute atomic E-state index is 0.0819. The Morgan fingerprint density at radius 3 is 2.07 bits per heavy atom. The van der Waals surface area contributed by atoms with Gasteiger partial charge in [-0.3, -0.25) is 4.89 Å². The van der Waals surface area contributed by atoms with Gasteiger partial charge in [0.05, 0.1) is 13.7 Å². The molecule has 4 aromatic rings. The third-order valence-electron chi connectivity index (χ3n) is 7.85. The number of hydrogen-bond donors (Lipinski definition) is 1. The Kier molecular flexibility index (Phi) is 14.1. The summed E-state index contributed by atoms with van der Waals surface area (Å²) in [7, 11) is -3.05. The zero-order valence-corrected chi connectivity index (χ0v) is 27.8. The van der Waals surface area contributed by atoms with Crippen molar-refractivity contribution >= 4 is 18.6 Å². The van der Waals surface area contributed by atoms with Gasteiger partial charge in [-0.1, -0.05) is 114 Å². The minimum atomic E-state index is -4.53. The van der Waals surface area contributed by atoms with E-state index in [0.717, 1.165) is 23.8 Å². The number of methoxy groups -OCH3 is 1. The maximum absolute atomic E-state index is 13.0. The van der Waals surface area contributed by atoms with E-state index in [2.05, 4.69) is 35.9 Å². The Morgan fingerprint density at radius 1 is 0.711 bits per heavy atom. The Balaban J connectivity index is 1.23. The fraction of sp³-hybridized carbons (Fsp3) is 0.432. The van der Waals surface area contributed by atoms with Gasteiger partial charge in [0, 0.05) is 17.0 Å². The number of unbranched alkanes of at least 4 members (excludes halogenated alkanes) is 11. The molecule has 0 aliphatic carbocycles. The average Bonchev–Trinajstić information content (AvgIpc) is 3.03. The zero-order valence-electron chi connectivity index (χ0n) is 26.9. The first-order chi connectivity index (χ1) is 22.0. The predicted octanol–water partition coefficient (Wildman–Crippen LogP) is 9.82. The molecule has 1 heterocycles. The molecule has 3 aromatic carbocycles. The van der Waals surface area contributed by atoms with Crippen LogP contribution in [0.3, 0.4) is 0 Å². The second kappa shape index (κ2) is 18.4. The second-order valence-corrected chi connectivity index (χ2v) is 12.9. The highest BCUT2D eigenvalue weighted by molar-refractivity contribution is 7.48. The van der Waals surface area contributed by atoms with Crippen LogP contribution in [0.5, 0.6) is 23.0 Å². The van der Waals surface area contributed by atoms with E-state index in [9.17, 15) is 9.46 Å². The highest BCUT2D eigenvalue weighted by Crippen LogP contribution is 2.49. The van der Waals surface area contributed by atoms with Gasteiger partial charge >= 0.3 is 7.82 Å². The molecule has 0 aliphatic heterocycles. The number of phosphoric acid groups is 1. The van der Waals surface area contributed by atoms with Gasteiger partial charge in [-0.15, -0.1) is 0 Å². The number of phosphoric ester groups is 1. The summed E-state index contributed by atoms with van der Waals surface area (Å²) in [5.41, 5.74) is 0.915. The van der Waals surface area contributed by atoms with Crippen LogP contribution in [0.25, 0.3) is 10.8 Å². The molecule has 0 saturated heterocycles. The quantitative estimate of drug-likeness (QED) is 0.0559. The standard InChI is InChI=1S/C37H48NO6P/c1-3-4-5-6-7-8-9-10-11-12-13-16-27-42-35-23-18-24-36(37(35)41-2)44-45(39,40)43-34-22-17-19-31(28-34)29-38-26-25-32-20-14-15-21-33(32)30-38/h14-15,17-26,28,30H,3-13,16,27,29H2,1-2H3/p+1. The van der Waals surface area contributed by atoms with Crippen LogP contribution >= 0.6 is 7.82 Å². The van der Waals surface area contributed by atoms with Gasteiger partial charge in [0.15, 0.2) is 30.4 Å². The molecule has 0 amide bonds. The minimum Gasteiger partial charge on any atom is -0.490 e. The molecule has 0 spiro atoms. The SMILES string of the molecule is CCCCCCCCCCCCCCOc1cccc(OP(=O)(O)Oc2cccc(C[n+]3ccc4ccccc4c3)c2)c1OC. The van der Waals surface area contributed by atoms with Crippen LogP contribution in [0.15, 0.2) is 85.2 Å². The summed E-state index contributed by atoms with van der Waals surface area (Å²) in [6.45, 7) is 3.37. The Hall–Kier alpha value is -3.54. The van der Waals surface area contributed by atoms with Crippen molar-refractivity contribution < 1.29 is 32.5 Å². The number of benzene rings is 3. The van der Waals surface area contributed by atoms with Crippen LogP contribution in [0.2, 0.25) is 0 Å². The van der Waals surface area contributed by atoms with Gasteiger partial charge in [-0.2, -0.15) is 0 Å². The topological polar surface area (TPSA) is 78.1 Å². The van der Waals surface area contributed by atoms with Gasteiger partial charge < -0.3 is 18.5 Å². The smallest absolute Gasteiger partial charge is 0.490 e. The number of pyridine rings is 1. The average molecular weight is 635 g/mol. The van der Waals surface area contributed by atoms with Gasteiger partial charge in [0.1, 0.15) is 5.75 Å². The molecule has 1 unspecified atom stereocenters. The number of nitrogens with zero attached hydrogens (tertiary/aromatic N) is 1. The van der Waals surface area contributed by atoms with Gasteiger partial charge in [0.2, 0.25) is 5.75 Å². The molecule has 242 valence electrons. The third-order valence-corrected chi connectivity index (χ3v) is 8.72. The first kappa shape index (κ1) is 34.3. The molecular formula is C37H49NO6P+. The largest absolute Gasteiger partial charge is 0.585 e.